The molecule has 0 saturated carbocycles. The summed E-state index contributed by atoms with van der Waals surface area (Å²) in [6.07, 6.45) is 2.30. The monoisotopic (exact) mass is 233 g/mol. The molecule has 1 aliphatic rings. The van der Waals surface area contributed by atoms with Crippen LogP contribution in [0.3, 0.4) is 0 Å². The molecule has 1 fully saturated rings. The third-order valence-electron chi connectivity index (χ3n) is 4.01. The van der Waals surface area contributed by atoms with Crippen LogP contribution in [-0.2, 0) is 4.74 Å². The largest absolute Gasteiger partial charge is 0.373 e. The zero-order valence-corrected chi connectivity index (χ0v) is 11.3. The van der Waals surface area contributed by atoms with Gasteiger partial charge in [-0.15, -0.1) is 0 Å². The first-order chi connectivity index (χ1) is 8.07. The summed E-state index contributed by atoms with van der Waals surface area (Å²) >= 11 is 0. The summed E-state index contributed by atoms with van der Waals surface area (Å²) in [6.45, 7) is 7.43. The van der Waals surface area contributed by atoms with Crippen LogP contribution in [0.1, 0.15) is 42.5 Å². The number of hydrogen-bond acceptors (Lipinski definition) is 2. The molecule has 0 aliphatic carbocycles. The summed E-state index contributed by atoms with van der Waals surface area (Å²) in [7, 11) is 2.02. The van der Waals surface area contributed by atoms with E-state index in [1.54, 1.807) is 0 Å². The highest BCUT2D eigenvalue weighted by Crippen LogP contribution is 2.37. The maximum Gasteiger partial charge on any atom is 0.0849 e. The van der Waals surface area contributed by atoms with Crippen LogP contribution < -0.4 is 5.32 Å². The van der Waals surface area contributed by atoms with Gasteiger partial charge in [-0.2, -0.15) is 0 Å². The van der Waals surface area contributed by atoms with Crippen LogP contribution in [0, 0.1) is 13.8 Å². The smallest absolute Gasteiger partial charge is 0.0849 e. The molecule has 2 heteroatoms. The molecule has 0 bridgehead atoms. The van der Waals surface area contributed by atoms with Gasteiger partial charge in [0.1, 0.15) is 0 Å². The Morgan fingerprint density at radius 3 is 2.59 bits per heavy atom. The molecule has 1 aromatic rings. The lowest BCUT2D eigenvalue weighted by Crippen LogP contribution is -2.39. The van der Waals surface area contributed by atoms with Gasteiger partial charge in [-0.25, -0.2) is 0 Å². The second kappa shape index (κ2) is 4.79. The molecule has 0 amide bonds. The Kier molecular flexibility index (Phi) is 3.55. The fraction of sp³-hybridized carbons (Fsp3) is 0.600. The van der Waals surface area contributed by atoms with Crippen molar-refractivity contribution in [3.05, 3.63) is 34.9 Å². The first-order valence-electron chi connectivity index (χ1n) is 6.45. The SMILES string of the molecule is CNC(c1ccc(C)c(C)c1)C1(C)CCCO1. The van der Waals surface area contributed by atoms with Gasteiger partial charge in [0.2, 0.25) is 0 Å². The molecule has 94 valence electrons. The fourth-order valence-electron chi connectivity index (χ4n) is 2.80. The first kappa shape index (κ1) is 12.6. The number of nitrogens with one attached hydrogen (secondary N) is 1. The minimum atomic E-state index is -0.0591. The van der Waals surface area contributed by atoms with Crippen LogP contribution in [0.15, 0.2) is 18.2 Å². The van der Waals surface area contributed by atoms with E-state index in [9.17, 15) is 0 Å². The van der Waals surface area contributed by atoms with Gasteiger partial charge in [-0.3, -0.25) is 0 Å². The first-order valence-corrected chi connectivity index (χ1v) is 6.45. The van der Waals surface area contributed by atoms with Crippen LogP contribution in [-0.4, -0.2) is 19.3 Å². The number of likely N-dealkylation sites (N-methyl/N-ethyl adjacent to an activating group) is 1. The highest BCUT2D eigenvalue weighted by molar-refractivity contribution is 5.33. The van der Waals surface area contributed by atoms with E-state index >= 15 is 0 Å². The third kappa shape index (κ3) is 2.38. The Hall–Kier alpha value is -0.860. The molecular formula is C15H23NO. The molecule has 2 unspecified atom stereocenters. The molecular weight excluding hydrogens is 210 g/mol. The molecule has 0 aromatic heterocycles. The number of aryl methyl sites for hydroxylation is 2. The molecule has 0 radical (unpaired) electrons. The summed E-state index contributed by atoms with van der Waals surface area (Å²) in [5.41, 5.74) is 3.97. The lowest BCUT2D eigenvalue weighted by Gasteiger charge is -2.33. The predicted molar refractivity (Wildman–Crippen MR) is 71.3 cm³/mol. The second-order valence-electron chi connectivity index (χ2n) is 5.33. The minimum Gasteiger partial charge on any atom is -0.373 e. The molecule has 1 saturated heterocycles. The van der Waals surface area contributed by atoms with Crippen molar-refractivity contribution in [1.29, 1.82) is 0 Å². The van der Waals surface area contributed by atoms with Crippen molar-refractivity contribution in [2.75, 3.05) is 13.7 Å². The molecule has 2 atom stereocenters. The summed E-state index contributed by atoms with van der Waals surface area (Å²) in [5.74, 6) is 0. The standard InChI is InChI=1S/C15H23NO/c1-11-6-7-13(10-12(11)2)14(16-4)15(3)8-5-9-17-15/h6-7,10,14,16H,5,8-9H2,1-4H3. The van der Waals surface area contributed by atoms with Crippen molar-refractivity contribution in [2.45, 2.75) is 45.3 Å². The van der Waals surface area contributed by atoms with Crippen molar-refractivity contribution in [1.82, 2.24) is 5.32 Å². The van der Waals surface area contributed by atoms with Gasteiger partial charge in [-0.05, 0) is 57.4 Å². The van der Waals surface area contributed by atoms with Gasteiger partial charge in [0.15, 0.2) is 0 Å². The fourth-order valence-corrected chi connectivity index (χ4v) is 2.80. The molecule has 2 rings (SSSR count). The number of ether oxygens (including phenoxy) is 1. The summed E-state index contributed by atoms with van der Waals surface area (Å²) in [5, 5.41) is 3.42. The van der Waals surface area contributed by atoms with Crippen molar-refractivity contribution >= 4 is 0 Å². The summed E-state index contributed by atoms with van der Waals surface area (Å²) < 4.78 is 5.96. The Labute approximate surface area is 104 Å². The Morgan fingerprint density at radius 1 is 1.29 bits per heavy atom. The normalized spacial score (nSPS) is 26.1. The van der Waals surface area contributed by atoms with Crippen LogP contribution >= 0.6 is 0 Å². The molecule has 1 aromatic carbocycles. The zero-order chi connectivity index (χ0) is 12.5. The lowest BCUT2D eigenvalue weighted by atomic mass is 9.87. The average Bonchev–Trinajstić information content (AvgIpc) is 2.72. The predicted octanol–water partition coefficient (Wildman–Crippen LogP) is 3.13. The van der Waals surface area contributed by atoms with E-state index in [2.05, 4.69) is 44.3 Å². The highest BCUT2D eigenvalue weighted by atomic mass is 16.5. The van der Waals surface area contributed by atoms with Gasteiger partial charge in [0, 0.05) is 6.61 Å². The topological polar surface area (TPSA) is 21.3 Å². The second-order valence-corrected chi connectivity index (χ2v) is 5.33. The van der Waals surface area contributed by atoms with E-state index in [-0.39, 0.29) is 11.6 Å². The Bertz CT molecular complexity index is 394. The van der Waals surface area contributed by atoms with E-state index in [0.717, 1.165) is 13.0 Å². The Morgan fingerprint density at radius 2 is 2.06 bits per heavy atom. The molecule has 1 N–H and O–H groups in total. The molecule has 0 spiro atoms. The van der Waals surface area contributed by atoms with Crippen LogP contribution in [0.25, 0.3) is 0 Å². The van der Waals surface area contributed by atoms with Gasteiger partial charge in [0.05, 0.1) is 11.6 Å². The van der Waals surface area contributed by atoms with Crippen LogP contribution in [0.2, 0.25) is 0 Å². The van der Waals surface area contributed by atoms with Gasteiger partial charge in [-0.1, -0.05) is 18.2 Å². The highest BCUT2D eigenvalue weighted by Gasteiger charge is 2.38. The quantitative estimate of drug-likeness (QED) is 0.866. The average molecular weight is 233 g/mol. The number of hydrogen-bond donors (Lipinski definition) is 1. The van der Waals surface area contributed by atoms with Crippen LogP contribution in [0.4, 0.5) is 0 Å². The lowest BCUT2D eigenvalue weighted by molar-refractivity contribution is -0.0104. The number of rotatable bonds is 3. The van der Waals surface area contributed by atoms with E-state index in [4.69, 9.17) is 4.74 Å². The van der Waals surface area contributed by atoms with E-state index < -0.39 is 0 Å². The van der Waals surface area contributed by atoms with Gasteiger partial charge in [0.25, 0.3) is 0 Å². The maximum atomic E-state index is 5.96. The molecule has 1 heterocycles. The molecule has 17 heavy (non-hydrogen) atoms. The zero-order valence-electron chi connectivity index (χ0n) is 11.3. The van der Waals surface area contributed by atoms with Crippen molar-refractivity contribution in [3.8, 4) is 0 Å². The number of benzene rings is 1. The van der Waals surface area contributed by atoms with Gasteiger partial charge >= 0.3 is 0 Å². The molecule has 1 aliphatic heterocycles. The van der Waals surface area contributed by atoms with Crippen molar-refractivity contribution in [2.24, 2.45) is 0 Å². The molecule has 2 nitrogen and oxygen atoms in total. The van der Waals surface area contributed by atoms with Gasteiger partial charge < -0.3 is 10.1 Å². The summed E-state index contributed by atoms with van der Waals surface area (Å²) in [4.78, 5) is 0. The van der Waals surface area contributed by atoms with Crippen molar-refractivity contribution < 1.29 is 4.74 Å². The third-order valence-corrected chi connectivity index (χ3v) is 4.01. The Balaban J connectivity index is 2.31. The summed E-state index contributed by atoms with van der Waals surface area (Å²) in [6, 6.07) is 6.98. The minimum absolute atomic E-state index is 0.0591. The van der Waals surface area contributed by atoms with E-state index in [1.807, 2.05) is 7.05 Å². The van der Waals surface area contributed by atoms with E-state index in [1.165, 1.54) is 23.1 Å². The van der Waals surface area contributed by atoms with Crippen molar-refractivity contribution in [3.63, 3.8) is 0 Å². The maximum absolute atomic E-state index is 5.96. The van der Waals surface area contributed by atoms with Crippen LogP contribution in [0.5, 0.6) is 0 Å². The van der Waals surface area contributed by atoms with E-state index in [0.29, 0.717) is 0 Å².